The highest BCUT2D eigenvalue weighted by Crippen LogP contribution is 2.19. The van der Waals surface area contributed by atoms with E-state index in [4.69, 9.17) is 0 Å². The first-order valence-corrected chi connectivity index (χ1v) is 11.9. The molecule has 33 heavy (non-hydrogen) atoms. The predicted molar refractivity (Wildman–Crippen MR) is 124 cm³/mol. The van der Waals surface area contributed by atoms with Crippen molar-refractivity contribution >= 4 is 33.2 Å². The summed E-state index contributed by atoms with van der Waals surface area (Å²) >= 11 is 0. The van der Waals surface area contributed by atoms with Crippen LogP contribution in [0.5, 0.6) is 0 Å². The SMILES string of the molecule is CCN(CC)S(=O)(=O)c1cccc(C(=O)Nc2ccc(NC(=O)C(C)n3cncn3)cc2)c1. The van der Waals surface area contributed by atoms with E-state index in [1.165, 1.54) is 33.8 Å². The van der Waals surface area contributed by atoms with Crippen LogP contribution in [0.25, 0.3) is 0 Å². The topological polar surface area (TPSA) is 126 Å². The number of benzene rings is 2. The molecular weight excluding hydrogens is 444 g/mol. The number of aromatic nitrogens is 3. The summed E-state index contributed by atoms with van der Waals surface area (Å²) in [5.74, 6) is -0.702. The van der Waals surface area contributed by atoms with Gasteiger partial charge in [-0.05, 0) is 49.4 Å². The number of anilines is 2. The van der Waals surface area contributed by atoms with Crippen molar-refractivity contribution in [1.29, 1.82) is 0 Å². The molecule has 1 aromatic heterocycles. The highest BCUT2D eigenvalue weighted by atomic mass is 32.2. The van der Waals surface area contributed by atoms with Gasteiger partial charge in [0.1, 0.15) is 18.7 Å². The maximum absolute atomic E-state index is 12.7. The van der Waals surface area contributed by atoms with Gasteiger partial charge in [-0.3, -0.25) is 9.59 Å². The van der Waals surface area contributed by atoms with Crippen LogP contribution in [0.2, 0.25) is 0 Å². The average molecular weight is 471 g/mol. The third-order valence-corrected chi connectivity index (χ3v) is 7.11. The number of rotatable bonds is 9. The molecule has 0 fully saturated rings. The Morgan fingerprint density at radius 2 is 1.67 bits per heavy atom. The van der Waals surface area contributed by atoms with E-state index in [1.54, 1.807) is 57.2 Å². The van der Waals surface area contributed by atoms with Crippen LogP contribution in [0.3, 0.4) is 0 Å². The Hall–Kier alpha value is -3.57. The Bertz CT molecular complexity index is 1210. The van der Waals surface area contributed by atoms with Gasteiger partial charge in [-0.1, -0.05) is 19.9 Å². The summed E-state index contributed by atoms with van der Waals surface area (Å²) in [5, 5.41) is 9.47. The Morgan fingerprint density at radius 1 is 1.03 bits per heavy atom. The zero-order valence-corrected chi connectivity index (χ0v) is 19.4. The van der Waals surface area contributed by atoms with Crippen molar-refractivity contribution in [1.82, 2.24) is 19.1 Å². The number of hydrogen-bond donors (Lipinski definition) is 2. The highest BCUT2D eigenvalue weighted by Gasteiger charge is 2.22. The quantitative estimate of drug-likeness (QED) is 0.495. The Balaban J connectivity index is 1.67. The molecule has 2 aromatic carbocycles. The number of amides is 2. The van der Waals surface area contributed by atoms with Crippen molar-refractivity contribution in [2.45, 2.75) is 31.7 Å². The lowest BCUT2D eigenvalue weighted by Gasteiger charge is -2.18. The zero-order valence-electron chi connectivity index (χ0n) is 18.6. The second-order valence-corrected chi connectivity index (χ2v) is 9.13. The van der Waals surface area contributed by atoms with Gasteiger partial charge in [0.05, 0.1) is 4.90 Å². The first kappa shape index (κ1) is 24.1. The van der Waals surface area contributed by atoms with E-state index in [-0.39, 0.29) is 16.4 Å². The molecule has 0 aliphatic rings. The minimum Gasteiger partial charge on any atom is -0.324 e. The third kappa shape index (κ3) is 5.62. The Kier molecular flexibility index (Phi) is 7.56. The molecule has 10 nitrogen and oxygen atoms in total. The average Bonchev–Trinajstić information content (AvgIpc) is 3.35. The van der Waals surface area contributed by atoms with Gasteiger partial charge in [0, 0.05) is 30.0 Å². The summed E-state index contributed by atoms with van der Waals surface area (Å²) in [6.45, 7) is 5.91. The van der Waals surface area contributed by atoms with Crippen LogP contribution >= 0.6 is 0 Å². The molecule has 3 aromatic rings. The van der Waals surface area contributed by atoms with E-state index in [0.29, 0.717) is 24.5 Å². The predicted octanol–water partition coefficient (Wildman–Crippen LogP) is 2.76. The van der Waals surface area contributed by atoms with Gasteiger partial charge < -0.3 is 10.6 Å². The van der Waals surface area contributed by atoms with Crippen LogP contribution in [0.1, 0.15) is 37.2 Å². The van der Waals surface area contributed by atoms with Crippen molar-refractivity contribution in [2.75, 3.05) is 23.7 Å². The van der Waals surface area contributed by atoms with E-state index in [0.717, 1.165) is 0 Å². The maximum atomic E-state index is 12.7. The van der Waals surface area contributed by atoms with Crippen LogP contribution in [0.15, 0.2) is 66.1 Å². The molecule has 0 bridgehead atoms. The molecule has 0 saturated heterocycles. The van der Waals surface area contributed by atoms with Crippen LogP contribution in [0.4, 0.5) is 11.4 Å². The largest absolute Gasteiger partial charge is 0.324 e. The summed E-state index contributed by atoms with van der Waals surface area (Å²) in [6.07, 6.45) is 2.82. The molecule has 0 aliphatic heterocycles. The van der Waals surface area contributed by atoms with E-state index in [1.807, 2.05) is 0 Å². The molecule has 3 rings (SSSR count). The standard InChI is InChI=1S/C22H26N6O4S/c1-4-27(5-2)33(31,32)20-8-6-7-17(13-20)22(30)26-19-11-9-18(10-12-19)25-21(29)16(3)28-15-23-14-24-28/h6-16H,4-5H2,1-3H3,(H,25,29)(H,26,30). The van der Waals surface area contributed by atoms with Crippen molar-refractivity contribution in [2.24, 2.45) is 0 Å². The normalized spacial score (nSPS) is 12.4. The molecule has 174 valence electrons. The fraction of sp³-hybridized carbons (Fsp3) is 0.273. The van der Waals surface area contributed by atoms with Crippen LogP contribution < -0.4 is 10.6 Å². The summed E-state index contributed by atoms with van der Waals surface area (Å²) in [6, 6.07) is 12.0. The number of sulfonamides is 1. The van der Waals surface area contributed by atoms with E-state index < -0.39 is 22.0 Å². The maximum Gasteiger partial charge on any atom is 0.255 e. The smallest absolute Gasteiger partial charge is 0.255 e. The van der Waals surface area contributed by atoms with E-state index in [2.05, 4.69) is 20.7 Å². The second-order valence-electron chi connectivity index (χ2n) is 7.19. The molecule has 0 spiro atoms. The lowest BCUT2D eigenvalue weighted by molar-refractivity contribution is -0.119. The Labute approximate surface area is 192 Å². The van der Waals surface area contributed by atoms with Gasteiger partial charge in [0.2, 0.25) is 15.9 Å². The molecule has 1 heterocycles. The third-order valence-electron chi connectivity index (χ3n) is 5.06. The highest BCUT2D eigenvalue weighted by molar-refractivity contribution is 7.89. The van der Waals surface area contributed by atoms with Crippen LogP contribution in [-0.4, -0.2) is 52.4 Å². The number of carbonyl (C=O) groups excluding carboxylic acids is 2. The van der Waals surface area contributed by atoms with Gasteiger partial charge >= 0.3 is 0 Å². The summed E-state index contributed by atoms with van der Waals surface area (Å²) in [4.78, 5) is 28.9. The number of nitrogens with one attached hydrogen (secondary N) is 2. The second kappa shape index (κ2) is 10.4. The molecule has 1 unspecified atom stereocenters. The van der Waals surface area contributed by atoms with Gasteiger partial charge in [-0.15, -0.1) is 0 Å². The molecule has 2 amide bonds. The van der Waals surface area contributed by atoms with Gasteiger partial charge in [0.25, 0.3) is 5.91 Å². The minimum atomic E-state index is -3.67. The van der Waals surface area contributed by atoms with Crippen molar-refractivity contribution < 1.29 is 18.0 Å². The zero-order chi connectivity index (χ0) is 24.0. The molecule has 0 aliphatic carbocycles. The minimum absolute atomic E-state index is 0.0680. The fourth-order valence-corrected chi connectivity index (χ4v) is 4.64. The molecule has 2 N–H and O–H groups in total. The van der Waals surface area contributed by atoms with Gasteiger partial charge in [0.15, 0.2) is 0 Å². The lowest BCUT2D eigenvalue weighted by Crippen LogP contribution is -2.30. The first-order chi connectivity index (χ1) is 15.8. The Morgan fingerprint density at radius 3 is 2.24 bits per heavy atom. The van der Waals surface area contributed by atoms with Crippen molar-refractivity contribution in [3.05, 3.63) is 66.7 Å². The number of carbonyl (C=O) groups is 2. The van der Waals surface area contributed by atoms with Crippen molar-refractivity contribution in [3.8, 4) is 0 Å². The summed E-state index contributed by atoms with van der Waals surface area (Å²) < 4.78 is 28.2. The van der Waals surface area contributed by atoms with Gasteiger partial charge in [-0.25, -0.2) is 18.1 Å². The number of hydrogen-bond acceptors (Lipinski definition) is 6. The molecule has 0 saturated carbocycles. The monoisotopic (exact) mass is 470 g/mol. The first-order valence-electron chi connectivity index (χ1n) is 10.4. The van der Waals surface area contributed by atoms with Crippen molar-refractivity contribution in [3.63, 3.8) is 0 Å². The molecule has 11 heteroatoms. The fourth-order valence-electron chi connectivity index (χ4n) is 3.13. The molecular formula is C22H26N6O4S. The summed E-state index contributed by atoms with van der Waals surface area (Å²) in [5.41, 5.74) is 1.28. The number of nitrogens with zero attached hydrogens (tertiary/aromatic N) is 4. The molecule has 0 radical (unpaired) electrons. The molecule has 1 atom stereocenters. The van der Waals surface area contributed by atoms with E-state index >= 15 is 0 Å². The van der Waals surface area contributed by atoms with Crippen LogP contribution in [-0.2, 0) is 14.8 Å². The van der Waals surface area contributed by atoms with E-state index in [9.17, 15) is 18.0 Å². The van der Waals surface area contributed by atoms with Gasteiger partial charge in [-0.2, -0.15) is 9.40 Å². The summed E-state index contributed by atoms with van der Waals surface area (Å²) in [7, 11) is -3.67. The lowest BCUT2D eigenvalue weighted by atomic mass is 10.2. The van der Waals surface area contributed by atoms with Crippen LogP contribution in [0, 0.1) is 0 Å².